The molecule has 2 aromatic carbocycles. The molecular weight excluding hydrogens is 361 g/mol. The lowest BCUT2D eigenvalue weighted by Gasteiger charge is -2.15. The average Bonchev–Trinajstić information content (AvgIpc) is 2.94. The smallest absolute Gasteiger partial charge is 0.242 e. The summed E-state index contributed by atoms with van der Waals surface area (Å²) in [5, 5.41) is 8.93. The van der Waals surface area contributed by atoms with Crippen LogP contribution in [0.15, 0.2) is 58.7 Å². The molecule has 1 saturated heterocycles. The van der Waals surface area contributed by atoms with Crippen LogP contribution in [0.1, 0.15) is 36.5 Å². The van der Waals surface area contributed by atoms with Gasteiger partial charge in [-0.05, 0) is 36.6 Å². The molecule has 1 aliphatic rings. The predicted molar refractivity (Wildman–Crippen MR) is 109 cm³/mol. The fraction of sp³-hybridized carbons (Fsp3) is 0.286. The zero-order chi connectivity index (χ0) is 19.2. The number of aryl methyl sites for hydroxylation is 1. The van der Waals surface area contributed by atoms with Gasteiger partial charge in [0.15, 0.2) is 5.17 Å². The first-order valence-corrected chi connectivity index (χ1v) is 9.85. The van der Waals surface area contributed by atoms with Gasteiger partial charge in [-0.25, -0.2) is 4.39 Å². The first kappa shape index (κ1) is 19.3. The number of hydrogen-bond donors (Lipinski definition) is 0. The third-order valence-corrected chi connectivity index (χ3v) is 5.49. The van der Waals surface area contributed by atoms with Gasteiger partial charge in [0.1, 0.15) is 5.82 Å². The van der Waals surface area contributed by atoms with Gasteiger partial charge in [0.05, 0.1) is 18.0 Å². The van der Waals surface area contributed by atoms with Crippen molar-refractivity contribution in [3.05, 3.63) is 71.0 Å². The Balaban J connectivity index is 1.79. The van der Waals surface area contributed by atoms with E-state index in [0.717, 1.165) is 24.0 Å². The molecule has 4 nitrogen and oxygen atoms in total. The highest BCUT2D eigenvalue weighted by Gasteiger charge is 2.37. The number of benzene rings is 2. The minimum absolute atomic E-state index is 0.0375. The highest BCUT2D eigenvalue weighted by Crippen LogP contribution is 2.31. The van der Waals surface area contributed by atoms with Crippen LogP contribution in [-0.2, 0) is 11.3 Å². The molecule has 0 saturated carbocycles. The SMILES string of the molecule is CCC[C@H]1S/C(=N\N=C/c2ccc(C)cc2)N(Cc2ccc(F)cc2)C1=O. The lowest BCUT2D eigenvalue weighted by Crippen LogP contribution is -2.31. The van der Waals surface area contributed by atoms with Gasteiger partial charge in [0.2, 0.25) is 5.91 Å². The number of amides is 1. The van der Waals surface area contributed by atoms with Crippen molar-refractivity contribution in [1.29, 1.82) is 0 Å². The van der Waals surface area contributed by atoms with E-state index in [1.807, 2.05) is 31.2 Å². The molecule has 1 fully saturated rings. The summed E-state index contributed by atoms with van der Waals surface area (Å²) in [6.07, 6.45) is 3.40. The van der Waals surface area contributed by atoms with E-state index in [1.54, 1.807) is 23.2 Å². The predicted octanol–water partition coefficient (Wildman–Crippen LogP) is 4.77. The zero-order valence-corrected chi connectivity index (χ0v) is 16.2. The Kier molecular flexibility index (Phi) is 6.40. The van der Waals surface area contributed by atoms with E-state index in [4.69, 9.17) is 0 Å². The molecule has 1 atom stereocenters. The van der Waals surface area contributed by atoms with Crippen molar-refractivity contribution in [2.24, 2.45) is 10.2 Å². The van der Waals surface area contributed by atoms with Crippen LogP contribution in [0.25, 0.3) is 0 Å². The summed E-state index contributed by atoms with van der Waals surface area (Å²) in [6.45, 7) is 4.46. The quantitative estimate of drug-likeness (QED) is 0.533. The number of thioether (sulfide) groups is 1. The number of nitrogens with zero attached hydrogens (tertiary/aromatic N) is 3. The maximum absolute atomic E-state index is 13.1. The van der Waals surface area contributed by atoms with E-state index < -0.39 is 0 Å². The lowest BCUT2D eigenvalue weighted by molar-refractivity contribution is -0.126. The topological polar surface area (TPSA) is 45.0 Å². The number of carbonyl (C=O) groups excluding carboxylic acids is 1. The van der Waals surface area contributed by atoms with E-state index in [9.17, 15) is 9.18 Å². The highest BCUT2D eigenvalue weighted by atomic mass is 32.2. The number of carbonyl (C=O) groups is 1. The van der Waals surface area contributed by atoms with Gasteiger partial charge >= 0.3 is 0 Å². The van der Waals surface area contributed by atoms with Crippen LogP contribution in [-0.4, -0.2) is 27.4 Å². The number of hydrogen-bond acceptors (Lipinski definition) is 4. The van der Waals surface area contributed by atoms with E-state index in [-0.39, 0.29) is 17.0 Å². The van der Waals surface area contributed by atoms with Gasteiger partial charge < -0.3 is 0 Å². The highest BCUT2D eigenvalue weighted by molar-refractivity contribution is 8.15. The average molecular weight is 383 g/mol. The van der Waals surface area contributed by atoms with Crippen molar-refractivity contribution in [2.75, 3.05) is 0 Å². The second-order valence-corrected chi connectivity index (χ2v) is 7.65. The molecule has 0 bridgehead atoms. The molecule has 0 N–H and O–H groups in total. The van der Waals surface area contributed by atoms with Gasteiger partial charge in [-0.1, -0.05) is 67.1 Å². The molecule has 3 rings (SSSR count). The maximum Gasteiger partial charge on any atom is 0.242 e. The first-order valence-electron chi connectivity index (χ1n) is 8.97. The molecule has 1 amide bonds. The van der Waals surface area contributed by atoms with E-state index >= 15 is 0 Å². The van der Waals surface area contributed by atoms with Crippen LogP contribution in [0.3, 0.4) is 0 Å². The molecule has 0 unspecified atom stereocenters. The third kappa shape index (κ3) is 5.04. The van der Waals surface area contributed by atoms with Crippen LogP contribution in [0, 0.1) is 12.7 Å². The fourth-order valence-electron chi connectivity index (χ4n) is 2.75. The van der Waals surface area contributed by atoms with Crippen LogP contribution in [0.2, 0.25) is 0 Å². The Morgan fingerprint density at radius 3 is 2.52 bits per heavy atom. The Hall–Kier alpha value is -2.47. The third-order valence-electron chi connectivity index (χ3n) is 4.25. The minimum Gasteiger partial charge on any atom is -0.284 e. The number of rotatable bonds is 6. The maximum atomic E-state index is 13.1. The molecular formula is C21H22FN3OS. The summed E-state index contributed by atoms with van der Waals surface area (Å²) in [6, 6.07) is 14.2. The number of amidine groups is 1. The van der Waals surface area contributed by atoms with Crippen molar-refractivity contribution in [3.63, 3.8) is 0 Å². The second kappa shape index (κ2) is 8.95. The van der Waals surface area contributed by atoms with Crippen LogP contribution in [0.4, 0.5) is 4.39 Å². The summed E-state index contributed by atoms with van der Waals surface area (Å²) in [5.74, 6) is -0.253. The van der Waals surface area contributed by atoms with E-state index in [1.165, 1.54) is 29.5 Å². The zero-order valence-electron chi connectivity index (χ0n) is 15.4. The molecule has 140 valence electrons. The first-order chi connectivity index (χ1) is 13.1. The Bertz CT molecular complexity index is 847. The van der Waals surface area contributed by atoms with Crippen LogP contribution in [0.5, 0.6) is 0 Å². The van der Waals surface area contributed by atoms with Crippen LogP contribution >= 0.6 is 11.8 Å². The largest absolute Gasteiger partial charge is 0.284 e. The second-order valence-electron chi connectivity index (χ2n) is 6.48. The van der Waals surface area contributed by atoms with E-state index in [2.05, 4.69) is 17.1 Å². The molecule has 0 aromatic heterocycles. The summed E-state index contributed by atoms with van der Waals surface area (Å²) in [5.41, 5.74) is 3.00. The van der Waals surface area contributed by atoms with Crippen molar-refractivity contribution in [3.8, 4) is 0 Å². The van der Waals surface area contributed by atoms with Crippen molar-refractivity contribution in [2.45, 2.75) is 38.5 Å². The molecule has 1 aliphatic heterocycles. The molecule has 6 heteroatoms. The standard InChI is InChI=1S/C21H22FN3OS/c1-3-4-19-20(26)25(14-17-9-11-18(22)12-10-17)21(27-19)24-23-13-16-7-5-15(2)6-8-16/h5-13,19H,3-4,14H2,1-2H3/b23-13-,24-21-/t19-/m1/s1. The van der Waals surface area contributed by atoms with Gasteiger partial charge in [-0.3, -0.25) is 9.69 Å². The minimum atomic E-state index is -0.290. The van der Waals surface area contributed by atoms with Crippen LogP contribution < -0.4 is 0 Å². The molecule has 0 spiro atoms. The van der Waals surface area contributed by atoms with Crippen molar-refractivity contribution in [1.82, 2.24) is 4.90 Å². The summed E-state index contributed by atoms with van der Waals surface area (Å²) < 4.78 is 13.1. The van der Waals surface area contributed by atoms with Crippen molar-refractivity contribution >= 4 is 29.1 Å². The molecule has 0 aliphatic carbocycles. The van der Waals surface area contributed by atoms with Gasteiger partial charge in [0.25, 0.3) is 0 Å². The van der Waals surface area contributed by atoms with Gasteiger partial charge in [0, 0.05) is 0 Å². The van der Waals surface area contributed by atoms with Gasteiger partial charge in [-0.2, -0.15) is 5.10 Å². The van der Waals surface area contributed by atoms with Gasteiger partial charge in [-0.15, -0.1) is 5.10 Å². The molecule has 27 heavy (non-hydrogen) atoms. The summed E-state index contributed by atoms with van der Waals surface area (Å²) >= 11 is 1.45. The normalized spacial score (nSPS) is 18.8. The molecule has 2 aromatic rings. The fourth-order valence-corrected chi connectivity index (χ4v) is 3.96. The summed E-state index contributed by atoms with van der Waals surface area (Å²) in [4.78, 5) is 14.4. The Morgan fingerprint density at radius 2 is 1.85 bits per heavy atom. The molecule has 0 radical (unpaired) electrons. The monoisotopic (exact) mass is 383 g/mol. The van der Waals surface area contributed by atoms with E-state index in [0.29, 0.717) is 11.7 Å². The summed E-state index contributed by atoms with van der Waals surface area (Å²) in [7, 11) is 0. The number of halogens is 1. The Labute approximate surface area is 163 Å². The van der Waals surface area contributed by atoms with Crippen molar-refractivity contribution < 1.29 is 9.18 Å². The molecule has 1 heterocycles. The Morgan fingerprint density at radius 1 is 1.15 bits per heavy atom. The lowest BCUT2D eigenvalue weighted by atomic mass is 10.2.